The molecule has 2 aromatic rings. The average molecular weight is 217 g/mol. The third-order valence-corrected chi connectivity index (χ3v) is 3.02. The first-order valence-electron chi connectivity index (χ1n) is 5.63. The monoisotopic (exact) mass is 217 g/mol. The van der Waals surface area contributed by atoms with Gasteiger partial charge >= 0.3 is 0 Å². The maximum absolute atomic E-state index is 4.52. The van der Waals surface area contributed by atoms with Gasteiger partial charge in [-0.25, -0.2) is 4.98 Å². The molecule has 0 aromatic carbocycles. The quantitative estimate of drug-likeness (QED) is 0.740. The van der Waals surface area contributed by atoms with Gasteiger partial charge in [0.2, 0.25) is 5.95 Å². The smallest absolute Gasteiger partial charge is 0.205 e. The molecule has 2 N–H and O–H groups in total. The number of nitrogens with zero attached hydrogens (tertiary/aromatic N) is 3. The molecule has 1 fully saturated rings. The molecular formula is C11H15N5. The van der Waals surface area contributed by atoms with E-state index in [2.05, 4.69) is 32.1 Å². The van der Waals surface area contributed by atoms with Crippen LogP contribution in [0.3, 0.4) is 0 Å². The molecule has 2 aromatic heterocycles. The van der Waals surface area contributed by atoms with Crippen molar-refractivity contribution in [3.8, 4) is 0 Å². The van der Waals surface area contributed by atoms with Gasteiger partial charge in [-0.2, -0.15) is 4.98 Å². The number of rotatable bonds is 1. The number of fused-ring (bicyclic) bond motifs is 1. The molecule has 0 radical (unpaired) electrons. The highest BCUT2D eigenvalue weighted by atomic mass is 15.3. The minimum absolute atomic E-state index is 0.467. The molecule has 0 unspecified atom stereocenters. The van der Waals surface area contributed by atoms with E-state index in [1.54, 1.807) is 6.20 Å². The molecule has 1 aliphatic heterocycles. The van der Waals surface area contributed by atoms with Gasteiger partial charge in [0.05, 0.1) is 5.52 Å². The van der Waals surface area contributed by atoms with Crippen LogP contribution in [0.1, 0.15) is 6.92 Å². The molecule has 0 bridgehead atoms. The van der Waals surface area contributed by atoms with Crippen LogP contribution < -0.4 is 10.2 Å². The van der Waals surface area contributed by atoms with E-state index in [9.17, 15) is 0 Å². The van der Waals surface area contributed by atoms with Crippen LogP contribution in [0.4, 0.5) is 5.95 Å². The first-order chi connectivity index (χ1) is 7.84. The lowest BCUT2D eigenvalue weighted by Gasteiger charge is -2.33. The Bertz CT molecular complexity index is 459. The van der Waals surface area contributed by atoms with Crippen molar-refractivity contribution in [1.29, 1.82) is 0 Å². The van der Waals surface area contributed by atoms with Crippen LogP contribution in [-0.4, -0.2) is 40.6 Å². The second-order valence-corrected chi connectivity index (χ2v) is 4.18. The summed E-state index contributed by atoms with van der Waals surface area (Å²) in [6.07, 6.45) is 1.77. The predicted molar refractivity (Wildman–Crippen MR) is 63.6 cm³/mol. The molecule has 0 aliphatic carbocycles. The van der Waals surface area contributed by atoms with Crippen molar-refractivity contribution in [2.24, 2.45) is 0 Å². The van der Waals surface area contributed by atoms with E-state index in [4.69, 9.17) is 0 Å². The molecule has 0 saturated carbocycles. The SMILES string of the molecule is C[C@H]1CNCCN1c1nc2ncccc2[nH]1. The first kappa shape index (κ1) is 9.59. The molecule has 0 spiro atoms. The Morgan fingerprint density at radius 1 is 1.50 bits per heavy atom. The number of H-pyrrole nitrogens is 1. The summed E-state index contributed by atoms with van der Waals surface area (Å²) in [5, 5.41) is 3.37. The molecule has 1 atom stereocenters. The summed E-state index contributed by atoms with van der Waals surface area (Å²) in [5.74, 6) is 0.933. The van der Waals surface area contributed by atoms with Crippen molar-refractivity contribution in [3.05, 3.63) is 18.3 Å². The minimum Gasteiger partial charge on any atom is -0.337 e. The van der Waals surface area contributed by atoms with Crippen molar-refractivity contribution < 1.29 is 0 Å². The maximum atomic E-state index is 4.52. The Hall–Kier alpha value is -1.62. The number of aromatic amines is 1. The van der Waals surface area contributed by atoms with Crippen LogP contribution in [0.15, 0.2) is 18.3 Å². The van der Waals surface area contributed by atoms with Gasteiger partial charge in [-0.1, -0.05) is 0 Å². The second kappa shape index (κ2) is 3.75. The minimum atomic E-state index is 0.467. The van der Waals surface area contributed by atoms with E-state index in [0.717, 1.165) is 36.7 Å². The fraction of sp³-hybridized carbons (Fsp3) is 0.455. The zero-order chi connectivity index (χ0) is 11.0. The Labute approximate surface area is 93.9 Å². The van der Waals surface area contributed by atoms with Crippen molar-refractivity contribution in [2.75, 3.05) is 24.5 Å². The second-order valence-electron chi connectivity index (χ2n) is 4.18. The van der Waals surface area contributed by atoms with Gasteiger partial charge in [-0.05, 0) is 19.1 Å². The van der Waals surface area contributed by atoms with Crippen molar-refractivity contribution in [3.63, 3.8) is 0 Å². The third-order valence-electron chi connectivity index (χ3n) is 3.02. The number of nitrogens with one attached hydrogen (secondary N) is 2. The molecule has 84 valence electrons. The van der Waals surface area contributed by atoms with Crippen LogP contribution in [0.25, 0.3) is 11.2 Å². The van der Waals surface area contributed by atoms with Gasteiger partial charge in [0.25, 0.3) is 0 Å². The van der Waals surface area contributed by atoms with E-state index >= 15 is 0 Å². The van der Waals surface area contributed by atoms with Crippen LogP contribution in [0.2, 0.25) is 0 Å². The number of aromatic nitrogens is 3. The number of pyridine rings is 1. The Morgan fingerprint density at radius 2 is 2.44 bits per heavy atom. The largest absolute Gasteiger partial charge is 0.337 e. The molecule has 0 amide bonds. The highest BCUT2D eigenvalue weighted by Crippen LogP contribution is 2.17. The summed E-state index contributed by atoms with van der Waals surface area (Å²) in [5.41, 5.74) is 1.80. The lowest BCUT2D eigenvalue weighted by molar-refractivity contribution is 0.494. The van der Waals surface area contributed by atoms with Gasteiger partial charge in [-0.15, -0.1) is 0 Å². The Kier molecular flexibility index (Phi) is 2.25. The lowest BCUT2D eigenvalue weighted by Crippen LogP contribution is -2.50. The zero-order valence-corrected chi connectivity index (χ0v) is 9.27. The molecule has 1 saturated heterocycles. The Morgan fingerprint density at radius 3 is 3.25 bits per heavy atom. The van der Waals surface area contributed by atoms with Crippen LogP contribution in [0, 0.1) is 0 Å². The molecule has 3 rings (SSSR count). The normalized spacial score (nSPS) is 21.6. The highest BCUT2D eigenvalue weighted by Gasteiger charge is 2.20. The van der Waals surface area contributed by atoms with Gasteiger partial charge in [-0.3, -0.25) is 0 Å². The molecule has 5 heteroatoms. The van der Waals surface area contributed by atoms with E-state index < -0.39 is 0 Å². The number of piperazine rings is 1. The first-order valence-corrected chi connectivity index (χ1v) is 5.63. The summed E-state index contributed by atoms with van der Waals surface area (Å²) in [7, 11) is 0. The highest BCUT2D eigenvalue weighted by molar-refractivity contribution is 5.73. The third kappa shape index (κ3) is 1.53. The number of anilines is 1. The van der Waals surface area contributed by atoms with Crippen molar-refractivity contribution in [2.45, 2.75) is 13.0 Å². The number of imidazole rings is 1. The molecule has 16 heavy (non-hydrogen) atoms. The van der Waals surface area contributed by atoms with E-state index in [-0.39, 0.29) is 0 Å². The Balaban J connectivity index is 1.98. The summed E-state index contributed by atoms with van der Waals surface area (Å²) in [6, 6.07) is 4.39. The van der Waals surface area contributed by atoms with Crippen LogP contribution in [-0.2, 0) is 0 Å². The van der Waals surface area contributed by atoms with Gasteiger partial charge < -0.3 is 15.2 Å². The van der Waals surface area contributed by atoms with E-state index in [1.165, 1.54) is 0 Å². The summed E-state index contributed by atoms with van der Waals surface area (Å²) in [4.78, 5) is 14.4. The zero-order valence-electron chi connectivity index (χ0n) is 9.27. The number of hydrogen-bond acceptors (Lipinski definition) is 4. The van der Waals surface area contributed by atoms with E-state index in [0.29, 0.717) is 6.04 Å². The van der Waals surface area contributed by atoms with Crippen molar-refractivity contribution in [1.82, 2.24) is 20.3 Å². The predicted octanol–water partition coefficient (Wildman–Crippen LogP) is 0.756. The lowest BCUT2D eigenvalue weighted by atomic mass is 10.2. The molecular weight excluding hydrogens is 202 g/mol. The standard InChI is InChI=1S/C11H15N5/c1-8-7-12-5-6-16(8)11-14-9-3-2-4-13-10(9)15-11/h2-4,8,12H,5-7H2,1H3,(H,13,14,15)/t8-/m0/s1. The van der Waals surface area contributed by atoms with Gasteiger partial charge in [0.1, 0.15) is 0 Å². The fourth-order valence-electron chi connectivity index (χ4n) is 2.12. The molecule has 3 heterocycles. The average Bonchev–Trinajstić information content (AvgIpc) is 2.73. The number of hydrogen-bond donors (Lipinski definition) is 2. The molecule has 1 aliphatic rings. The summed E-state index contributed by atoms with van der Waals surface area (Å²) in [6.45, 7) is 5.20. The van der Waals surface area contributed by atoms with Crippen molar-refractivity contribution >= 4 is 17.1 Å². The van der Waals surface area contributed by atoms with Gasteiger partial charge in [0.15, 0.2) is 5.65 Å². The maximum Gasteiger partial charge on any atom is 0.205 e. The van der Waals surface area contributed by atoms with Crippen LogP contribution >= 0.6 is 0 Å². The van der Waals surface area contributed by atoms with E-state index in [1.807, 2.05) is 12.1 Å². The fourth-order valence-corrected chi connectivity index (χ4v) is 2.12. The van der Waals surface area contributed by atoms with Gasteiger partial charge in [0, 0.05) is 31.9 Å². The topological polar surface area (TPSA) is 56.8 Å². The molecule has 5 nitrogen and oxygen atoms in total. The summed E-state index contributed by atoms with van der Waals surface area (Å²) < 4.78 is 0. The summed E-state index contributed by atoms with van der Waals surface area (Å²) >= 11 is 0. The van der Waals surface area contributed by atoms with Crippen LogP contribution in [0.5, 0.6) is 0 Å².